The number of hydrogen-bond donors (Lipinski definition) is 0. The Hall–Kier alpha value is -9.64. The second-order valence-electron chi connectivity index (χ2n) is 17.9. The molecule has 4 heteroatoms. The van der Waals surface area contributed by atoms with Crippen LogP contribution in [0.3, 0.4) is 0 Å². The monoisotopic (exact) mass is 938 g/mol. The van der Waals surface area contributed by atoms with Crippen LogP contribution in [0.1, 0.15) is 6.42 Å². The van der Waals surface area contributed by atoms with Crippen LogP contribution in [0.5, 0.6) is 0 Å². The lowest BCUT2D eigenvalue weighted by atomic mass is 10.0. The van der Waals surface area contributed by atoms with Crippen LogP contribution in [0.25, 0.3) is 21.9 Å². The van der Waals surface area contributed by atoms with E-state index in [1.807, 2.05) is 6.08 Å². The first kappa shape index (κ1) is 45.8. The molecule has 0 saturated heterocycles. The van der Waals surface area contributed by atoms with Gasteiger partial charge in [-0.3, -0.25) is 0 Å². The standard InChI is InChI=1S/C69H54N4/c1-53-21-7-2-8-33-61(34-19-22-53)72(65-47-45-63(46-48-65)70(57-25-9-3-10-26-57)58-27-11-4-12-28-58)62-41-37-54(38-42-62)55-39-43-66(44-40-55)73(69-36-20-24-56-23-17-18-35-68(56)69)67-51-49-64(50-52-67)71(59-29-13-5-14-30-59)60-31-15-6-16-32-60/h2-32,34-52H,1,33H2/b8-2-,21-7-,22-19-,61-34+. The van der Waals surface area contributed by atoms with Crippen LogP contribution in [0.15, 0.2) is 321 Å². The van der Waals surface area contributed by atoms with Gasteiger partial charge in [-0.05, 0) is 156 Å². The van der Waals surface area contributed by atoms with Gasteiger partial charge in [0, 0.05) is 74.4 Å². The molecule has 10 aromatic rings. The molecule has 0 N–H and O–H groups in total. The summed E-state index contributed by atoms with van der Waals surface area (Å²) in [4.78, 5) is 9.33. The fraction of sp³-hybridized carbons (Fsp3) is 0.0145. The average Bonchev–Trinajstić information content (AvgIpc) is 3.45. The third kappa shape index (κ3) is 10.2. The number of nitrogens with zero attached hydrogens (tertiary/aromatic N) is 4. The lowest BCUT2D eigenvalue weighted by Gasteiger charge is -2.30. The molecule has 0 amide bonds. The molecule has 0 aliphatic heterocycles. The summed E-state index contributed by atoms with van der Waals surface area (Å²) in [5.74, 6) is 0. The molecule has 0 heterocycles. The molecular formula is C69H54N4. The summed E-state index contributed by atoms with van der Waals surface area (Å²) in [6, 6.07) is 93.1. The number of para-hydroxylation sites is 4. The average molecular weight is 939 g/mol. The number of allylic oxidation sites excluding steroid dienone is 8. The molecular weight excluding hydrogens is 885 g/mol. The van der Waals surface area contributed by atoms with Gasteiger partial charge in [-0.2, -0.15) is 0 Å². The molecule has 0 radical (unpaired) electrons. The first-order valence-electron chi connectivity index (χ1n) is 24.8. The van der Waals surface area contributed by atoms with Crippen LogP contribution < -0.4 is 19.6 Å². The maximum absolute atomic E-state index is 4.22. The van der Waals surface area contributed by atoms with Gasteiger partial charge in [0.05, 0.1) is 5.69 Å². The lowest BCUT2D eigenvalue weighted by Crippen LogP contribution is -2.16. The highest BCUT2D eigenvalue weighted by atomic mass is 15.2. The van der Waals surface area contributed by atoms with Crippen LogP contribution >= 0.6 is 0 Å². The molecule has 11 rings (SSSR count). The molecule has 73 heavy (non-hydrogen) atoms. The predicted octanol–water partition coefficient (Wildman–Crippen LogP) is 19.6. The number of benzene rings is 10. The van der Waals surface area contributed by atoms with Gasteiger partial charge in [0.2, 0.25) is 0 Å². The van der Waals surface area contributed by atoms with Crippen LogP contribution in [0.2, 0.25) is 0 Å². The third-order valence-corrected chi connectivity index (χ3v) is 13.2. The smallest absolute Gasteiger partial charge is 0.0540 e. The molecule has 0 atom stereocenters. The van der Waals surface area contributed by atoms with Crippen molar-refractivity contribution in [2.75, 3.05) is 19.6 Å². The van der Waals surface area contributed by atoms with Crippen molar-refractivity contribution in [3.63, 3.8) is 0 Å². The fourth-order valence-corrected chi connectivity index (χ4v) is 9.64. The molecule has 0 fully saturated rings. The second-order valence-corrected chi connectivity index (χ2v) is 17.9. The highest BCUT2D eigenvalue weighted by Crippen LogP contribution is 2.43. The largest absolute Gasteiger partial charge is 0.314 e. The molecule has 350 valence electrons. The predicted molar refractivity (Wildman–Crippen MR) is 311 cm³/mol. The summed E-state index contributed by atoms with van der Waals surface area (Å²) >= 11 is 0. The maximum atomic E-state index is 4.22. The van der Waals surface area contributed by atoms with Crippen LogP contribution in [-0.2, 0) is 0 Å². The normalized spacial score (nSPS) is 14.3. The van der Waals surface area contributed by atoms with Crippen LogP contribution in [-0.4, -0.2) is 0 Å². The van der Waals surface area contributed by atoms with E-state index in [1.54, 1.807) is 0 Å². The lowest BCUT2D eigenvalue weighted by molar-refractivity contribution is 1.08. The molecule has 0 saturated carbocycles. The molecule has 0 bridgehead atoms. The molecule has 1 aliphatic rings. The van der Waals surface area contributed by atoms with E-state index in [0.29, 0.717) is 0 Å². The molecule has 1 aliphatic carbocycles. The van der Waals surface area contributed by atoms with Crippen molar-refractivity contribution in [1.82, 2.24) is 0 Å². The number of hydrogen-bond acceptors (Lipinski definition) is 4. The minimum Gasteiger partial charge on any atom is -0.314 e. The van der Waals surface area contributed by atoms with E-state index in [-0.39, 0.29) is 0 Å². The van der Waals surface area contributed by atoms with E-state index in [1.165, 1.54) is 10.8 Å². The zero-order valence-corrected chi connectivity index (χ0v) is 40.6. The summed E-state index contributed by atoms with van der Waals surface area (Å²) in [6.07, 6.45) is 15.5. The van der Waals surface area contributed by atoms with Gasteiger partial charge in [0.25, 0.3) is 0 Å². The summed E-state index contributed by atoms with van der Waals surface area (Å²) in [5, 5.41) is 2.38. The molecule has 0 spiro atoms. The topological polar surface area (TPSA) is 13.0 Å². The van der Waals surface area contributed by atoms with Gasteiger partial charge in [0.15, 0.2) is 0 Å². The van der Waals surface area contributed by atoms with Crippen molar-refractivity contribution in [2.45, 2.75) is 6.42 Å². The highest BCUT2D eigenvalue weighted by molar-refractivity contribution is 5.99. The Morgan fingerprint density at radius 3 is 1.11 bits per heavy atom. The van der Waals surface area contributed by atoms with Gasteiger partial charge >= 0.3 is 0 Å². The summed E-state index contributed by atoms with van der Waals surface area (Å²) in [6.45, 7) is 4.22. The summed E-state index contributed by atoms with van der Waals surface area (Å²) in [5.41, 5.74) is 16.3. The summed E-state index contributed by atoms with van der Waals surface area (Å²) < 4.78 is 0. The first-order valence-corrected chi connectivity index (χ1v) is 24.8. The van der Waals surface area contributed by atoms with Gasteiger partial charge in [-0.1, -0.05) is 176 Å². The van der Waals surface area contributed by atoms with E-state index < -0.39 is 0 Å². The fourth-order valence-electron chi connectivity index (χ4n) is 9.64. The van der Waals surface area contributed by atoms with Crippen molar-refractivity contribution in [3.05, 3.63) is 321 Å². The van der Waals surface area contributed by atoms with Crippen molar-refractivity contribution < 1.29 is 0 Å². The molecule has 0 aromatic heterocycles. The van der Waals surface area contributed by atoms with Crippen molar-refractivity contribution in [3.8, 4) is 11.1 Å². The van der Waals surface area contributed by atoms with E-state index in [0.717, 1.165) is 91.4 Å². The van der Waals surface area contributed by atoms with E-state index in [2.05, 4.69) is 323 Å². The third-order valence-electron chi connectivity index (χ3n) is 13.2. The Balaban J connectivity index is 0.932. The van der Waals surface area contributed by atoms with Gasteiger partial charge in [-0.25, -0.2) is 0 Å². The minimum atomic E-state index is 0.737. The van der Waals surface area contributed by atoms with E-state index >= 15 is 0 Å². The number of fused-ring (bicyclic) bond motifs is 1. The molecule has 10 aromatic carbocycles. The van der Waals surface area contributed by atoms with Crippen molar-refractivity contribution >= 4 is 73.3 Å². The summed E-state index contributed by atoms with van der Waals surface area (Å²) in [7, 11) is 0. The Morgan fingerprint density at radius 1 is 0.288 bits per heavy atom. The van der Waals surface area contributed by atoms with E-state index in [4.69, 9.17) is 0 Å². The SMILES string of the molecule is C=C1/C=C\C=C/C/C(N(c2ccc(-c3ccc(N(c4ccc(N(c5ccccc5)c5ccccc5)cc4)c4cccc5ccccc45)cc3)cc2)c2ccc(N(c3ccccc3)c3ccccc3)cc2)=C\C=C/1. The zero-order valence-electron chi connectivity index (χ0n) is 40.6. The second kappa shape index (κ2) is 21.6. The van der Waals surface area contributed by atoms with Gasteiger partial charge in [0.1, 0.15) is 0 Å². The quantitative estimate of drug-likeness (QED) is 0.114. The Kier molecular flexibility index (Phi) is 13.5. The molecule has 4 nitrogen and oxygen atoms in total. The maximum Gasteiger partial charge on any atom is 0.0540 e. The Labute approximate surface area is 429 Å². The van der Waals surface area contributed by atoms with Gasteiger partial charge in [-0.15, -0.1) is 0 Å². The first-order chi connectivity index (χ1) is 36.1. The van der Waals surface area contributed by atoms with Crippen molar-refractivity contribution in [2.24, 2.45) is 0 Å². The van der Waals surface area contributed by atoms with Crippen LogP contribution in [0, 0.1) is 0 Å². The Morgan fingerprint density at radius 2 is 0.644 bits per heavy atom. The minimum absolute atomic E-state index is 0.737. The van der Waals surface area contributed by atoms with Crippen molar-refractivity contribution in [1.29, 1.82) is 0 Å². The molecule has 0 unspecified atom stereocenters. The zero-order chi connectivity index (χ0) is 49.2. The van der Waals surface area contributed by atoms with Crippen LogP contribution in [0.4, 0.5) is 62.6 Å². The van der Waals surface area contributed by atoms with Gasteiger partial charge < -0.3 is 19.6 Å². The number of rotatable bonds is 13. The highest BCUT2D eigenvalue weighted by Gasteiger charge is 2.20. The van der Waals surface area contributed by atoms with E-state index in [9.17, 15) is 0 Å². The Bertz CT molecular complexity index is 3480. The number of anilines is 11.